The summed E-state index contributed by atoms with van der Waals surface area (Å²) < 4.78 is 0. The first-order valence-corrected chi connectivity index (χ1v) is 5.24. The molecule has 0 fully saturated rings. The molecule has 14 heavy (non-hydrogen) atoms. The van der Waals surface area contributed by atoms with Gasteiger partial charge in [0.25, 0.3) is 0 Å². The number of nitrogens with two attached hydrogens (primary N) is 1. The van der Waals surface area contributed by atoms with Crippen molar-refractivity contribution in [1.82, 2.24) is 5.32 Å². The quantitative estimate of drug-likeness (QED) is 0.807. The first kappa shape index (κ1) is 11.6. The summed E-state index contributed by atoms with van der Waals surface area (Å²) in [4.78, 5) is 0. The summed E-state index contributed by atoms with van der Waals surface area (Å²) in [5.74, 6) is 0. The van der Waals surface area contributed by atoms with Gasteiger partial charge in [-0.15, -0.1) is 0 Å². The highest BCUT2D eigenvalue weighted by Gasteiger charge is 2.03. The average Bonchev–Trinajstić information content (AvgIpc) is 2.12. The first-order chi connectivity index (χ1) is 6.61. The van der Waals surface area contributed by atoms with Crippen LogP contribution in [0, 0.1) is 0 Å². The SMILES string of the molecule is NC(=S)NCCc1cccc(Cl)c1Cl. The highest BCUT2D eigenvalue weighted by Crippen LogP contribution is 2.25. The Balaban J connectivity index is 2.59. The lowest BCUT2D eigenvalue weighted by molar-refractivity contribution is 0.870. The Morgan fingerprint density at radius 1 is 1.43 bits per heavy atom. The van der Waals surface area contributed by atoms with E-state index in [9.17, 15) is 0 Å². The van der Waals surface area contributed by atoms with Crippen LogP contribution in [0.1, 0.15) is 5.56 Å². The predicted octanol–water partition coefficient (Wildman–Crippen LogP) is 2.37. The zero-order valence-corrected chi connectivity index (χ0v) is 9.72. The lowest BCUT2D eigenvalue weighted by Gasteiger charge is -2.06. The van der Waals surface area contributed by atoms with Gasteiger partial charge in [-0.1, -0.05) is 35.3 Å². The molecule has 0 spiro atoms. The lowest BCUT2D eigenvalue weighted by Crippen LogP contribution is -2.30. The summed E-state index contributed by atoms with van der Waals surface area (Å²) in [6.45, 7) is 0.662. The molecule has 5 heteroatoms. The summed E-state index contributed by atoms with van der Waals surface area (Å²) in [6.07, 6.45) is 0.747. The molecule has 0 saturated heterocycles. The van der Waals surface area contributed by atoms with E-state index in [4.69, 9.17) is 28.9 Å². The van der Waals surface area contributed by atoms with E-state index in [0.29, 0.717) is 21.7 Å². The number of hydrogen-bond donors (Lipinski definition) is 2. The fourth-order valence-corrected chi connectivity index (χ4v) is 1.58. The maximum absolute atomic E-state index is 5.98. The molecular formula is C9H10Cl2N2S. The van der Waals surface area contributed by atoms with Crippen molar-refractivity contribution in [3.05, 3.63) is 33.8 Å². The third kappa shape index (κ3) is 3.33. The molecule has 0 aliphatic rings. The van der Waals surface area contributed by atoms with E-state index in [1.165, 1.54) is 0 Å². The van der Waals surface area contributed by atoms with Crippen LogP contribution in [0.25, 0.3) is 0 Å². The van der Waals surface area contributed by atoms with Gasteiger partial charge in [-0.25, -0.2) is 0 Å². The first-order valence-electron chi connectivity index (χ1n) is 4.07. The van der Waals surface area contributed by atoms with Gasteiger partial charge in [-0.3, -0.25) is 0 Å². The van der Waals surface area contributed by atoms with Crippen LogP contribution in [-0.2, 0) is 6.42 Å². The maximum atomic E-state index is 5.98. The second-order valence-electron chi connectivity index (χ2n) is 2.75. The normalized spacial score (nSPS) is 9.86. The Kier molecular flexibility index (Phi) is 4.45. The molecule has 1 aromatic carbocycles. The molecule has 0 aliphatic heterocycles. The van der Waals surface area contributed by atoms with Crippen molar-refractivity contribution >= 4 is 40.5 Å². The summed E-state index contributed by atoms with van der Waals surface area (Å²) in [5, 5.41) is 4.31. The van der Waals surface area contributed by atoms with Crippen LogP contribution in [0.4, 0.5) is 0 Å². The molecule has 0 radical (unpaired) electrons. The van der Waals surface area contributed by atoms with Crippen molar-refractivity contribution in [1.29, 1.82) is 0 Å². The smallest absolute Gasteiger partial charge is 0.163 e. The van der Waals surface area contributed by atoms with E-state index in [-0.39, 0.29) is 0 Å². The molecule has 2 nitrogen and oxygen atoms in total. The molecule has 1 rings (SSSR count). The number of hydrogen-bond acceptors (Lipinski definition) is 1. The minimum atomic E-state index is 0.295. The van der Waals surface area contributed by atoms with Gasteiger partial charge in [0.2, 0.25) is 0 Å². The number of benzene rings is 1. The van der Waals surface area contributed by atoms with Gasteiger partial charge in [0.15, 0.2) is 5.11 Å². The highest BCUT2D eigenvalue weighted by atomic mass is 35.5. The van der Waals surface area contributed by atoms with Gasteiger partial charge < -0.3 is 11.1 Å². The fourth-order valence-electron chi connectivity index (χ4n) is 1.06. The zero-order chi connectivity index (χ0) is 10.6. The van der Waals surface area contributed by atoms with E-state index < -0.39 is 0 Å². The minimum absolute atomic E-state index is 0.295. The van der Waals surface area contributed by atoms with Gasteiger partial charge in [-0.2, -0.15) is 0 Å². The Labute approximate surface area is 98.4 Å². The Morgan fingerprint density at radius 2 is 2.14 bits per heavy atom. The van der Waals surface area contributed by atoms with Gasteiger partial charge in [-0.05, 0) is 30.3 Å². The largest absolute Gasteiger partial charge is 0.376 e. The third-order valence-corrected chi connectivity index (χ3v) is 2.73. The molecule has 0 unspecified atom stereocenters. The third-order valence-electron chi connectivity index (χ3n) is 1.73. The minimum Gasteiger partial charge on any atom is -0.376 e. The molecule has 0 heterocycles. The fraction of sp³-hybridized carbons (Fsp3) is 0.222. The van der Waals surface area contributed by atoms with Gasteiger partial charge >= 0.3 is 0 Å². The number of thiocarbonyl (C=S) groups is 1. The van der Waals surface area contributed by atoms with Crippen LogP contribution in [0.15, 0.2) is 18.2 Å². The molecule has 0 saturated carbocycles. The van der Waals surface area contributed by atoms with E-state index in [0.717, 1.165) is 12.0 Å². The van der Waals surface area contributed by atoms with Crippen molar-refractivity contribution in [3.63, 3.8) is 0 Å². The lowest BCUT2D eigenvalue weighted by atomic mass is 10.1. The zero-order valence-electron chi connectivity index (χ0n) is 7.39. The van der Waals surface area contributed by atoms with Crippen molar-refractivity contribution in [3.8, 4) is 0 Å². The second kappa shape index (κ2) is 5.39. The van der Waals surface area contributed by atoms with Crippen LogP contribution in [0.2, 0.25) is 10.0 Å². The number of halogens is 2. The van der Waals surface area contributed by atoms with Crippen molar-refractivity contribution < 1.29 is 0 Å². The maximum Gasteiger partial charge on any atom is 0.163 e. The van der Waals surface area contributed by atoms with Crippen LogP contribution < -0.4 is 11.1 Å². The van der Waals surface area contributed by atoms with Crippen LogP contribution >= 0.6 is 35.4 Å². The van der Waals surface area contributed by atoms with Crippen molar-refractivity contribution in [2.24, 2.45) is 5.73 Å². The van der Waals surface area contributed by atoms with E-state index >= 15 is 0 Å². The topological polar surface area (TPSA) is 38.0 Å². The standard InChI is InChI=1S/C9H10Cl2N2S/c10-7-3-1-2-6(8(7)11)4-5-13-9(12)14/h1-3H,4-5H2,(H3,12,13,14). The molecule has 76 valence electrons. The van der Waals surface area contributed by atoms with Gasteiger partial charge in [0.05, 0.1) is 10.0 Å². The average molecular weight is 249 g/mol. The molecule has 0 aromatic heterocycles. The van der Waals surface area contributed by atoms with E-state index in [1.54, 1.807) is 6.07 Å². The molecule has 1 aromatic rings. The molecule has 3 N–H and O–H groups in total. The monoisotopic (exact) mass is 248 g/mol. The molecule has 0 amide bonds. The van der Waals surface area contributed by atoms with E-state index in [2.05, 4.69) is 17.5 Å². The summed E-state index contributed by atoms with van der Waals surface area (Å²) in [5.41, 5.74) is 6.27. The van der Waals surface area contributed by atoms with Crippen LogP contribution in [0.3, 0.4) is 0 Å². The van der Waals surface area contributed by atoms with Crippen LogP contribution in [-0.4, -0.2) is 11.7 Å². The molecule has 0 aliphatic carbocycles. The molecule has 0 bridgehead atoms. The van der Waals surface area contributed by atoms with Crippen LogP contribution in [0.5, 0.6) is 0 Å². The molecule has 0 atom stereocenters. The predicted molar refractivity (Wildman–Crippen MR) is 65.0 cm³/mol. The Morgan fingerprint density at radius 3 is 2.79 bits per heavy atom. The van der Waals surface area contributed by atoms with Crippen molar-refractivity contribution in [2.45, 2.75) is 6.42 Å². The Hall–Kier alpha value is -0.510. The number of rotatable bonds is 3. The second-order valence-corrected chi connectivity index (χ2v) is 3.98. The van der Waals surface area contributed by atoms with Crippen molar-refractivity contribution in [2.75, 3.05) is 6.54 Å². The van der Waals surface area contributed by atoms with E-state index in [1.807, 2.05) is 12.1 Å². The Bertz CT molecular complexity index is 342. The van der Waals surface area contributed by atoms with Gasteiger partial charge in [0, 0.05) is 6.54 Å². The summed E-state index contributed by atoms with van der Waals surface area (Å²) in [6, 6.07) is 5.55. The highest BCUT2D eigenvalue weighted by molar-refractivity contribution is 7.80. The summed E-state index contributed by atoms with van der Waals surface area (Å²) in [7, 11) is 0. The molecular weight excluding hydrogens is 239 g/mol. The number of nitrogens with one attached hydrogen (secondary N) is 1. The summed E-state index contributed by atoms with van der Waals surface area (Å²) >= 11 is 16.5. The van der Waals surface area contributed by atoms with Gasteiger partial charge in [0.1, 0.15) is 0 Å².